The van der Waals surface area contributed by atoms with Crippen LogP contribution in [0.4, 0.5) is 35.2 Å². The first-order chi connectivity index (χ1) is 16.8. The normalized spacial score (nSPS) is 15.8. The number of alkyl halides is 3. The number of carbonyl (C=O) groups is 1. The molecule has 35 heavy (non-hydrogen) atoms. The van der Waals surface area contributed by atoms with Crippen LogP contribution in [-0.4, -0.2) is 33.6 Å². The van der Waals surface area contributed by atoms with Crippen LogP contribution in [0.15, 0.2) is 67.0 Å². The van der Waals surface area contributed by atoms with Gasteiger partial charge in [-0.25, -0.2) is 9.78 Å². The third-order valence-corrected chi connectivity index (χ3v) is 5.87. The third kappa shape index (κ3) is 4.46. The molecule has 3 heterocycles. The lowest BCUT2D eigenvalue weighted by Gasteiger charge is -2.27. The fourth-order valence-corrected chi connectivity index (χ4v) is 4.10. The predicted octanol–water partition coefficient (Wildman–Crippen LogP) is 5.95. The average molecular weight is 478 g/mol. The topological polar surface area (TPSA) is 83.0 Å². The minimum absolute atomic E-state index is 0.228. The van der Waals surface area contributed by atoms with Crippen LogP contribution in [-0.2, 0) is 6.18 Å². The van der Waals surface area contributed by atoms with E-state index in [4.69, 9.17) is 0 Å². The number of anilines is 3. The van der Waals surface area contributed by atoms with Crippen LogP contribution < -0.4 is 15.5 Å². The molecule has 0 bridgehead atoms. The van der Waals surface area contributed by atoms with Crippen molar-refractivity contribution in [1.82, 2.24) is 15.0 Å². The van der Waals surface area contributed by atoms with Gasteiger partial charge in [-0.1, -0.05) is 18.2 Å². The van der Waals surface area contributed by atoms with Crippen molar-refractivity contribution in [3.63, 3.8) is 0 Å². The predicted molar refractivity (Wildman–Crippen MR) is 128 cm³/mol. The summed E-state index contributed by atoms with van der Waals surface area (Å²) in [6, 6.07) is 13.0. The van der Waals surface area contributed by atoms with E-state index >= 15 is 0 Å². The highest BCUT2D eigenvalue weighted by Gasteiger charge is 2.31. The summed E-state index contributed by atoms with van der Waals surface area (Å²) in [5, 5.41) is 6.17. The van der Waals surface area contributed by atoms with Gasteiger partial charge in [0.15, 0.2) is 5.82 Å². The van der Waals surface area contributed by atoms with Crippen molar-refractivity contribution in [1.29, 1.82) is 0 Å². The monoisotopic (exact) mass is 478 g/mol. The molecule has 0 radical (unpaired) electrons. The number of hydrogen-bond acceptors (Lipinski definition) is 5. The second-order valence-corrected chi connectivity index (χ2v) is 8.24. The first kappa shape index (κ1) is 22.6. The number of carbonyl (C=O) groups excluding carboxylic acids is 1. The van der Waals surface area contributed by atoms with E-state index in [0.717, 1.165) is 12.1 Å². The highest BCUT2D eigenvalue weighted by Crippen LogP contribution is 2.35. The van der Waals surface area contributed by atoms with Crippen LogP contribution in [0.3, 0.4) is 0 Å². The molecule has 0 spiro atoms. The molecule has 5 rings (SSSR count). The van der Waals surface area contributed by atoms with Crippen LogP contribution in [0.5, 0.6) is 0 Å². The SMILES string of the molecule is C[C@@H]1CCNc2ccc(-c3cccc(C(F)(F)F)c3)nc2N1C(=O)Nc1cccc2nccnc12. The molecule has 4 aromatic rings. The molecule has 7 nitrogen and oxygen atoms in total. The van der Waals surface area contributed by atoms with Gasteiger partial charge in [-0.3, -0.25) is 14.9 Å². The number of hydrogen-bond donors (Lipinski definition) is 2. The zero-order valence-corrected chi connectivity index (χ0v) is 18.7. The number of pyridine rings is 1. The maximum atomic E-state index is 13.5. The van der Waals surface area contributed by atoms with Crippen molar-refractivity contribution in [2.45, 2.75) is 25.6 Å². The van der Waals surface area contributed by atoms with Crippen molar-refractivity contribution in [3.8, 4) is 11.3 Å². The number of benzene rings is 2. The zero-order chi connectivity index (χ0) is 24.6. The van der Waals surface area contributed by atoms with E-state index in [9.17, 15) is 18.0 Å². The second-order valence-electron chi connectivity index (χ2n) is 8.24. The number of nitrogens with one attached hydrogen (secondary N) is 2. The maximum Gasteiger partial charge on any atom is 0.416 e. The number of amides is 2. The lowest BCUT2D eigenvalue weighted by atomic mass is 10.1. The Balaban J connectivity index is 1.54. The van der Waals surface area contributed by atoms with Crippen molar-refractivity contribution < 1.29 is 18.0 Å². The van der Waals surface area contributed by atoms with Gasteiger partial charge in [-0.15, -0.1) is 0 Å². The van der Waals surface area contributed by atoms with Gasteiger partial charge in [0.05, 0.1) is 28.1 Å². The summed E-state index contributed by atoms with van der Waals surface area (Å²) < 4.78 is 39.7. The molecule has 2 aromatic heterocycles. The van der Waals surface area contributed by atoms with E-state index in [-0.39, 0.29) is 6.04 Å². The maximum absolute atomic E-state index is 13.5. The molecule has 10 heteroatoms. The van der Waals surface area contributed by atoms with Gasteiger partial charge in [-0.2, -0.15) is 13.2 Å². The van der Waals surface area contributed by atoms with Gasteiger partial charge in [0, 0.05) is 30.5 Å². The average Bonchev–Trinajstić information content (AvgIpc) is 3.01. The lowest BCUT2D eigenvalue weighted by molar-refractivity contribution is -0.137. The molecular weight excluding hydrogens is 457 g/mol. The Hall–Kier alpha value is -4.21. The van der Waals surface area contributed by atoms with E-state index in [2.05, 4.69) is 25.6 Å². The summed E-state index contributed by atoms with van der Waals surface area (Å²) in [5.74, 6) is 0.341. The number of aromatic nitrogens is 3. The minimum atomic E-state index is -4.47. The number of urea groups is 1. The highest BCUT2D eigenvalue weighted by molar-refractivity contribution is 6.07. The van der Waals surface area contributed by atoms with E-state index < -0.39 is 17.8 Å². The molecule has 0 fully saturated rings. The fourth-order valence-electron chi connectivity index (χ4n) is 4.10. The molecule has 1 aliphatic rings. The Morgan fingerprint density at radius 1 is 1.09 bits per heavy atom. The largest absolute Gasteiger partial charge is 0.416 e. The van der Waals surface area contributed by atoms with Crippen LogP contribution in [0.2, 0.25) is 0 Å². The van der Waals surface area contributed by atoms with Crippen LogP contribution in [0.25, 0.3) is 22.3 Å². The molecule has 2 N–H and O–H groups in total. The Morgan fingerprint density at radius 2 is 1.89 bits per heavy atom. The summed E-state index contributed by atoms with van der Waals surface area (Å²) in [4.78, 5) is 28.3. The van der Waals surface area contributed by atoms with Crippen molar-refractivity contribution in [3.05, 3.63) is 72.6 Å². The van der Waals surface area contributed by atoms with Crippen molar-refractivity contribution in [2.75, 3.05) is 22.1 Å². The molecule has 0 aliphatic carbocycles. The number of nitrogens with zero attached hydrogens (tertiary/aromatic N) is 4. The van der Waals surface area contributed by atoms with Gasteiger partial charge in [0.1, 0.15) is 5.52 Å². The summed E-state index contributed by atoms with van der Waals surface area (Å²) in [6.45, 7) is 2.51. The van der Waals surface area contributed by atoms with Gasteiger partial charge >= 0.3 is 12.2 Å². The summed E-state index contributed by atoms with van der Waals surface area (Å²) >= 11 is 0. The van der Waals surface area contributed by atoms with Gasteiger partial charge < -0.3 is 10.6 Å². The molecule has 1 atom stereocenters. The molecule has 0 saturated heterocycles. The van der Waals surface area contributed by atoms with Gasteiger partial charge in [0.25, 0.3) is 0 Å². The molecule has 1 aliphatic heterocycles. The second kappa shape index (κ2) is 8.86. The number of para-hydroxylation sites is 1. The first-order valence-electron chi connectivity index (χ1n) is 11.0. The van der Waals surface area contributed by atoms with Crippen molar-refractivity contribution >= 4 is 34.3 Å². The number of rotatable bonds is 2. The Morgan fingerprint density at radius 3 is 2.71 bits per heavy atom. The third-order valence-electron chi connectivity index (χ3n) is 5.87. The molecule has 178 valence electrons. The standard InChI is InChI=1S/C25H21F3N6O/c1-15-10-11-29-21-9-8-18(16-4-2-5-17(14-16)25(26,27)28)32-23(21)34(15)24(35)33-20-7-3-6-19-22(20)31-13-12-30-19/h2-9,12-15,29H,10-11H2,1H3,(H,33,35)/t15-/m1/s1. The molecule has 2 aromatic carbocycles. The molecule has 0 saturated carbocycles. The van der Waals surface area contributed by atoms with E-state index in [0.29, 0.717) is 52.4 Å². The highest BCUT2D eigenvalue weighted by atomic mass is 19.4. The van der Waals surface area contributed by atoms with Crippen LogP contribution >= 0.6 is 0 Å². The first-order valence-corrected chi connectivity index (χ1v) is 11.0. The smallest absolute Gasteiger partial charge is 0.382 e. The Labute approximate surface area is 199 Å². The van der Waals surface area contributed by atoms with Gasteiger partial charge in [-0.05, 0) is 49.7 Å². The quantitative estimate of drug-likeness (QED) is 0.372. The minimum Gasteiger partial charge on any atom is -0.382 e. The summed E-state index contributed by atoms with van der Waals surface area (Å²) in [6.07, 6.45) is -0.691. The van der Waals surface area contributed by atoms with E-state index in [1.807, 2.05) is 6.92 Å². The Kier molecular flexibility index (Phi) is 5.72. The molecule has 0 unspecified atom stereocenters. The van der Waals surface area contributed by atoms with E-state index in [1.54, 1.807) is 48.8 Å². The Bertz CT molecular complexity index is 1400. The zero-order valence-electron chi connectivity index (χ0n) is 18.7. The van der Waals surface area contributed by atoms with Gasteiger partial charge in [0.2, 0.25) is 0 Å². The fraction of sp³-hybridized carbons (Fsp3) is 0.200. The lowest BCUT2D eigenvalue weighted by Crippen LogP contribution is -2.42. The summed E-state index contributed by atoms with van der Waals surface area (Å²) in [5.41, 5.74) is 2.20. The molecular formula is C25H21F3N6O. The number of fused-ring (bicyclic) bond motifs is 2. The summed E-state index contributed by atoms with van der Waals surface area (Å²) in [7, 11) is 0. The number of halogens is 3. The van der Waals surface area contributed by atoms with Crippen LogP contribution in [0, 0.1) is 0 Å². The van der Waals surface area contributed by atoms with Crippen LogP contribution in [0.1, 0.15) is 18.9 Å². The van der Waals surface area contributed by atoms with Crippen molar-refractivity contribution in [2.24, 2.45) is 0 Å². The molecule has 2 amide bonds. The van der Waals surface area contributed by atoms with E-state index in [1.165, 1.54) is 11.0 Å².